The third-order valence-electron chi connectivity index (χ3n) is 6.25. The maximum atomic E-state index is 13.7. The first kappa shape index (κ1) is 20.1. The van der Waals surface area contributed by atoms with Crippen LogP contribution < -0.4 is 0 Å². The van der Waals surface area contributed by atoms with Crippen molar-refractivity contribution in [2.24, 2.45) is 0 Å². The van der Waals surface area contributed by atoms with Crippen molar-refractivity contribution >= 4 is 20.9 Å². The van der Waals surface area contributed by atoms with Crippen LogP contribution in [0.2, 0.25) is 0 Å². The number of rotatable bonds is 3. The Morgan fingerprint density at radius 3 is 2.45 bits per heavy atom. The average Bonchev–Trinajstić information content (AvgIpc) is 3.07. The largest absolute Gasteiger partial charge is 0.383 e. The zero-order valence-electron chi connectivity index (χ0n) is 17.4. The molecule has 4 rings (SSSR count). The van der Waals surface area contributed by atoms with E-state index >= 15 is 0 Å². The fourth-order valence-corrected chi connectivity index (χ4v) is 6.08. The van der Waals surface area contributed by atoms with E-state index in [4.69, 9.17) is 0 Å². The third-order valence-corrected chi connectivity index (χ3v) is 7.99. The minimum absolute atomic E-state index is 0.155. The molecule has 6 heteroatoms. The monoisotopic (exact) mass is 412 g/mol. The second-order valence-electron chi connectivity index (χ2n) is 8.44. The highest BCUT2D eigenvalue weighted by atomic mass is 32.2. The summed E-state index contributed by atoms with van der Waals surface area (Å²) in [5.74, 6) is 0. The van der Waals surface area contributed by atoms with E-state index in [1.807, 2.05) is 39.1 Å². The van der Waals surface area contributed by atoms with Gasteiger partial charge in [-0.3, -0.25) is 0 Å². The summed E-state index contributed by atoms with van der Waals surface area (Å²) in [6, 6.07) is 14.4. The van der Waals surface area contributed by atoms with E-state index in [0.717, 1.165) is 16.5 Å². The standard InChI is InChI=1S/C23H28N2O3S/c1-16-12-17(2)20-14-22(23(26)10-11-24(4)18(3)15-23)25(21(20)13-16)29(27,28)19-8-6-5-7-9-19/h5-9,12-14,18,26H,10-11,15H2,1-4H3. The molecular weight excluding hydrogens is 384 g/mol. The molecule has 29 heavy (non-hydrogen) atoms. The van der Waals surface area contributed by atoms with Gasteiger partial charge in [0, 0.05) is 18.0 Å². The number of nitrogens with zero attached hydrogens (tertiary/aromatic N) is 2. The Morgan fingerprint density at radius 2 is 1.79 bits per heavy atom. The molecule has 0 aliphatic carbocycles. The van der Waals surface area contributed by atoms with Crippen LogP contribution in [0.5, 0.6) is 0 Å². The van der Waals surface area contributed by atoms with Crippen LogP contribution in [0, 0.1) is 13.8 Å². The summed E-state index contributed by atoms with van der Waals surface area (Å²) >= 11 is 0. The van der Waals surface area contributed by atoms with Crippen molar-refractivity contribution in [3.63, 3.8) is 0 Å². The minimum Gasteiger partial charge on any atom is -0.383 e. The minimum atomic E-state index is -3.86. The maximum absolute atomic E-state index is 13.7. The van der Waals surface area contributed by atoms with E-state index < -0.39 is 15.6 Å². The van der Waals surface area contributed by atoms with Gasteiger partial charge in [0.1, 0.15) is 5.60 Å². The Labute approximate surface area is 172 Å². The van der Waals surface area contributed by atoms with Crippen LogP contribution in [0.4, 0.5) is 0 Å². The fraction of sp³-hybridized carbons (Fsp3) is 0.391. The van der Waals surface area contributed by atoms with Crippen molar-refractivity contribution in [1.82, 2.24) is 8.87 Å². The molecule has 1 N–H and O–H groups in total. The number of hydrogen-bond acceptors (Lipinski definition) is 4. The highest BCUT2D eigenvalue weighted by Crippen LogP contribution is 2.40. The van der Waals surface area contributed by atoms with E-state index in [1.165, 1.54) is 3.97 Å². The molecule has 1 aliphatic heterocycles. The summed E-state index contributed by atoms with van der Waals surface area (Å²) < 4.78 is 28.8. The molecule has 1 aliphatic rings. The summed E-state index contributed by atoms with van der Waals surface area (Å²) in [6.45, 7) is 6.73. The average molecular weight is 413 g/mol. The molecule has 0 spiro atoms. The Hall–Kier alpha value is -2.15. The summed E-state index contributed by atoms with van der Waals surface area (Å²) in [4.78, 5) is 2.42. The molecule has 2 atom stereocenters. The topological polar surface area (TPSA) is 62.5 Å². The lowest BCUT2D eigenvalue weighted by Crippen LogP contribution is -2.47. The second-order valence-corrected chi connectivity index (χ2v) is 10.2. The van der Waals surface area contributed by atoms with Gasteiger partial charge in [-0.05, 0) is 76.1 Å². The first-order valence-electron chi connectivity index (χ1n) is 10.00. The van der Waals surface area contributed by atoms with Crippen LogP contribution in [-0.2, 0) is 15.6 Å². The molecule has 1 aromatic heterocycles. The number of aliphatic hydroxyl groups is 1. The highest BCUT2D eigenvalue weighted by molar-refractivity contribution is 7.90. The lowest BCUT2D eigenvalue weighted by atomic mass is 9.84. The van der Waals surface area contributed by atoms with Crippen molar-refractivity contribution in [1.29, 1.82) is 0 Å². The number of fused-ring (bicyclic) bond motifs is 1. The highest BCUT2D eigenvalue weighted by Gasteiger charge is 2.41. The summed E-state index contributed by atoms with van der Waals surface area (Å²) in [5.41, 5.74) is 1.89. The fourth-order valence-electron chi connectivity index (χ4n) is 4.48. The number of aromatic nitrogens is 1. The first-order valence-corrected chi connectivity index (χ1v) is 11.4. The van der Waals surface area contributed by atoms with Gasteiger partial charge in [0.05, 0.1) is 16.1 Å². The molecule has 154 valence electrons. The van der Waals surface area contributed by atoms with Crippen LogP contribution in [0.15, 0.2) is 53.4 Å². The molecule has 0 radical (unpaired) electrons. The molecule has 0 amide bonds. The third kappa shape index (κ3) is 3.29. The molecular formula is C23H28N2O3S. The predicted octanol–water partition coefficient (Wildman–Crippen LogP) is 3.80. The van der Waals surface area contributed by atoms with Crippen molar-refractivity contribution in [2.75, 3.05) is 13.6 Å². The quantitative estimate of drug-likeness (QED) is 0.711. The number of hydrogen-bond donors (Lipinski definition) is 1. The van der Waals surface area contributed by atoms with Gasteiger partial charge in [-0.15, -0.1) is 0 Å². The molecule has 2 aromatic carbocycles. The van der Waals surface area contributed by atoms with Gasteiger partial charge >= 0.3 is 0 Å². The molecule has 1 saturated heterocycles. The molecule has 3 aromatic rings. The lowest BCUT2D eigenvalue weighted by molar-refractivity contribution is -0.0443. The Kier molecular flexibility index (Phi) is 4.84. The van der Waals surface area contributed by atoms with Gasteiger partial charge in [0.25, 0.3) is 10.0 Å². The predicted molar refractivity (Wildman–Crippen MR) is 116 cm³/mol. The number of likely N-dealkylation sites (tertiary alicyclic amines) is 1. The van der Waals surface area contributed by atoms with E-state index in [0.29, 0.717) is 30.6 Å². The molecule has 0 bridgehead atoms. The van der Waals surface area contributed by atoms with Crippen LogP contribution >= 0.6 is 0 Å². The second kappa shape index (κ2) is 6.97. The normalized spacial score (nSPS) is 23.6. The zero-order chi connectivity index (χ0) is 21.0. The van der Waals surface area contributed by atoms with Crippen molar-refractivity contribution in [2.45, 2.75) is 50.2 Å². The van der Waals surface area contributed by atoms with Crippen LogP contribution in [0.25, 0.3) is 10.9 Å². The van der Waals surface area contributed by atoms with Crippen molar-refractivity contribution < 1.29 is 13.5 Å². The SMILES string of the molecule is Cc1cc(C)c2cc(C3(O)CCN(C)C(C)C3)n(S(=O)(=O)c3ccccc3)c2c1. The first-order chi connectivity index (χ1) is 13.6. The smallest absolute Gasteiger partial charge is 0.268 e. The lowest BCUT2D eigenvalue weighted by Gasteiger charge is -2.41. The van der Waals surface area contributed by atoms with Crippen LogP contribution in [0.1, 0.15) is 36.6 Å². The number of benzene rings is 2. The Balaban J connectivity index is 2.03. The number of piperidine rings is 1. The number of aryl methyl sites for hydroxylation is 2. The van der Waals surface area contributed by atoms with E-state index in [9.17, 15) is 13.5 Å². The molecule has 1 fully saturated rings. The molecule has 2 heterocycles. The van der Waals surface area contributed by atoms with E-state index in [2.05, 4.69) is 11.8 Å². The van der Waals surface area contributed by atoms with Crippen molar-refractivity contribution in [3.8, 4) is 0 Å². The van der Waals surface area contributed by atoms with Gasteiger partial charge in [0.2, 0.25) is 0 Å². The summed E-state index contributed by atoms with van der Waals surface area (Å²) in [6.07, 6.45) is 0.981. The summed E-state index contributed by atoms with van der Waals surface area (Å²) in [7, 11) is -1.83. The molecule has 5 nitrogen and oxygen atoms in total. The Morgan fingerprint density at radius 1 is 1.10 bits per heavy atom. The van der Waals surface area contributed by atoms with E-state index in [-0.39, 0.29) is 10.9 Å². The van der Waals surface area contributed by atoms with E-state index in [1.54, 1.807) is 30.3 Å². The molecule has 2 unspecified atom stereocenters. The van der Waals surface area contributed by atoms with Gasteiger partial charge in [-0.1, -0.05) is 24.3 Å². The Bertz CT molecular complexity index is 1170. The zero-order valence-corrected chi connectivity index (χ0v) is 18.2. The van der Waals surface area contributed by atoms with Crippen LogP contribution in [0.3, 0.4) is 0 Å². The van der Waals surface area contributed by atoms with Crippen LogP contribution in [-0.4, -0.2) is 42.0 Å². The van der Waals surface area contributed by atoms with Gasteiger partial charge in [-0.25, -0.2) is 12.4 Å². The van der Waals surface area contributed by atoms with Gasteiger partial charge in [0.15, 0.2) is 0 Å². The van der Waals surface area contributed by atoms with Gasteiger partial charge in [-0.2, -0.15) is 0 Å². The van der Waals surface area contributed by atoms with Gasteiger partial charge < -0.3 is 10.0 Å². The maximum Gasteiger partial charge on any atom is 0.268 e. The molecule has 0 saturated carbocycles. The van der Waals surface area contributed by atoms with Crippen molar-refractivity contribution in [3.05, 3.63) is 65.4 Å². The summed E-state index contributed by atoms with van der Waals surface area (Å²) in [5, 5.41) is 12.5.